The maximum Gasteiger partial charge on any atom is 0.147 e. The van der Waals surface area contributed by atoms with Crippen LogP contribution in [0.1, 0.15) is 28.8 Å². The number of fused-ring (bicyclic) bond motifs is 1. The summed E-state index contributed by atoms with van der Waals surface area (Å²) in [5, 5.41) is 18.9. The van der Waals surface area contributed by atoms with Crippen molar-refractivity contribution in [3.8, 4) is 11.8 Å². The van der Waals surface area contributed by atoms with E-state index in [0.29, 0.717) is 44.1 Å². The fourth-order valence-electron chi connectivity index (χ4n) is 3.16. The van der Waals surface area contributed by atoms with Crippen molar-refractivity contribution in [3.05, 3.63) is 52.7 Å². The van der Waals surface area contributed by atoms with E-state index in [2.05, 4.69) is 6.07 Å². The van der Waals surface area contributed by atoms with Crippen LogP contribution in [0.3, 0.4) is 0 Å². The normalized spacial score (nSPS) is 13.0. The fourth-order valence-corrected chi connectivity index (χ4v) is 3.16. The van der Waals surface area contributed by atoms with Gasteiger partial charge in [-0.1, -0.05) is 18.2 Å². The molecule has 0 spiro atoms. The molecule has 136 valence electrons. The Morgan fingerprint density at radius 1 is 1.38 bits per heavy atom. The first-order chi connectivity index (χ1) is 12.8. The number of rotatable bonds is 7. The highest BCUT2D eigenvalue weighted by Gasteiger charge is 2.20. The van der Waals surface area contributed by atoms with E-state index in [1.54, 1.807) is 7.11 Å². The third kappa shape index (κ3) is 3.96. The molecule has 0 amide bonds. The van der Waals surface area contributed by atoms with Gasteiger partial charge in [0.1, 0.15) is 17.6 Å². The average Bonchev–Trinajstić information content (AvgIpc) is 2.70. The SMILES string of the molecule is COc1ccccc1CN(CCCO)c1nc2c(cc1C#N)CCOC2. The molecule has 1 aliphatic heterocycles. The molecule has 0 bridgehead atoms. The lowest BCUT2D eigenvalue weighted by atomic mass is 10.1. The van der Waals surface area contributed by atoms with Gasteiger partial charge in [0.25, 0.3) is 0 Å². The summed E-state index contributed by atoms with van der Waals surface area (Å²) in [5.74, 6) is 1.43. The van der Waals surface area contributed by atoms with Crippen molar-refractivity contribution in [1.29, 1.82) is 5.26 Å². The van der Waals surface area contributed by atoms with E-state index in [0.717, 1.165) is 29.0 Å². The van der Waals surface area contributed by atoms with E-state index in [1.165, 1.54) is 0 Å². The largest absolute Gasteiger partial charge is 0.496 e. The Morgan fingerprint density at radius 2 is 2.23 bits per heavy atom. The van der Waals surface area contributed by atoms with Crippen molar-refractivity contribution < 1.29 is 14.6 Å². The molecule has 0 atom stereocenters. The summed E-state index contributed by atoms with van der Waals surface area (Å²) in [6, 6.07) is 12.0. The van der Waals surface area contributed by atoms with Gasteiger partial charge in [0.05, 0.1) is 31.6 Å². The number of benzene rings is 1. The van der Waals surface area contributed by atoms with Crippen LogP contribution in [-0.4, -0.2) is 37.0 Å². The number of hydrogen-bond donors (Lipinski definition) is 1. The van der Waals surface area contributed by atoms with Crippen LogP contribution in [0, 0.1) is 11.3 Å². The molecule has 26 heavy (non-hydrogen) atoms. The van der Waals surface area contributed by atoms with Crippen LogP contribution in [0.15, 0.2) is 30.3 Å². The lowest BCUT2D eigenvalue weighted by molar-refractivity contribution is 0.107. The summed E-state index contributed by atoms with van der Waals surface area (Å²) in [6.45, 7) is 2.35. The number of para-hydroxylation sites is 1. The summed E-state index contributed by atoms with van der Waals surface area (Å²) >= 11 is 0. The number of aliphatic hydroxyl groups excluding tert-OH is 1. The van der Waals surface area contributed by atoms with Crippen LogP contribution in [0.2, 0.25) is 0 Å². The number of nitriles is 1. The van der Waals surface area contributed by atoms with Gasteiger partial charge in [-0.25, -0.2) is 4.98 Å². The van der Waals surface area contributed by atoms with Gasteiger partial charge in [-0.3, -0.25) is 0 Å². The van der Waals surface area contributed by atoms with Crippen molar-refractivity contribution in [2.75, 3.05) is 31.8 Å². The van der Waals surface area contributed by atoms with Gasteiger partial charge in [0.15, 0.2) is 0 Å². The number of methoxy groups -OCH3 is 1. The van der Waals surface area contributed by atoms with Crippen molar-refractivity contribution in [2.24, 2.45) is 0 Å². The molecule has 1 aliphatic rings. The van der Waals surface area contributed by atoms with Gasteiger partial charge in [-0.2, -0.15) is 5.26 Å². The second-order valence-corrected chi connectivity index (χ2v) is 6.19. The number of ether oxygens (including phenoxy) is 2. The molecule has 6 heteroatoms. The number of nitrogens with zero attached hydrogens (tertiary/aromatic N) is 3. The van der Waals surface area contributed by atoms with Crippen LogP contribution >= 0.6 is 0 Å². The Labute approximate surface area is 153 Å². The molecule has 1 aromatic carbocycles. The quantitative estimate of drug-likeness (QED) is 0.824. The van der Waals surface area contributed by atoms with E-state index in [9.17, 15) is 10.4 Å². The fraction of sp³-hybridized carbons (Fsp3) is 0.400. The van der Waals surface area contributed by atoms with E-state index in [4.69, 9.17) is 14.5 Å². The van der Waals surface area contributed by atoms with Crippen molar-refractivity contribution >= 4 is 5.82 Å². The minimum atomic E-state index is 0.0817. The minimum Gasteiger partial charge on any atom is -0.496 e. The maximum absolute atomic E-state index is 9.64. The van der Waals surface area contributed by atoms with Crippen LogP contribution in [0.4, 0.5) is 5.82 Å². The lowest BCUT2D eigenvalue weighted by Gasteiger charge is -2.27. The van der Waals surface area contributed by atoms with Crippen molar-refractivity contribution in [3.63, 3.8) is 0 Å². The molecule has 0 fully saturated rings. The molecule has 0 unspecified atom stereocenters. The predicted octanol–water partition coefficient (Wildman–Crippen LogP) is 2.42. The molecule has 0 saturated carbocycles. The van der Waals surface area contributed by atoms with E-state index in [-0.39, 0.29) is 6.61 Å². The zero-order valence-electron chi connectivity index (χ0n) is 14.9. The van der Waals surface area contributed by atoms with E-state index < -0.39 is 0 Å². The molecule has 1 N–H and O–H groups in total. The standard InChI is InChI=1S/C20H23N3O3/c1-25-19-6-3-2-5-16(19)13-23(8-4-9-24)20-17(12-21)11-15-7-10-26-14-18(15)22-20/h2-3,5-6,11,24H,4,7-10,13-14H2,1H3. The van der Waals surface area contributed by atoms with Gasteiger partial charge in [-0.05, 0) is 30.5 Å². The number of aromatic nitrogens is 1. The summed E-state index contributed by atoms with van der Waals surface area (Å²) in [6.07, 6.45) is 1.37. The highest BCUT2D eigenvalue weighted by molar-refractivity contribution is 5.57. The third-order valence-electron chi connectivity index (χ3n) is 4.49. The predicted molar refractivity (Wildman–Crippen MR) is 98.1 cm³/mol. The van der Waals surface area contributed by atoms with Crippen LogP contribution in [-0.2, 0) is 24.3 Å². The summed E-state index contributed by atoms with van der Waals surface area (Å²) in [7, 11) is 1.64. The smallest absolute Gasteiger partial charge is 0.147 e. The van der Waals surface area contributed by atoms with Crippen LogP contribution in [0.5, 0.6) is 5.75 Å². The van der Waals surface area contributed by atoms with Gasteiger partial charge in [0, 0.05) is 25.3 Å². The van der Waals surface area contributed by atoms with Gasteiger partial charge in [0.2, 0.25) is 0 Å². The molecule has 0 saturated heterocycles. The molecule has 0 aliphatic carbocycles. The van der Waals surface area contributed by atoms with Gasteiger partial charge < -0.3 is 19.5 Å². The van der Waals surface area contributed by atoms with Gasteiger partial charge >= 0.3 is 0 Å². The van der Waals surface area contributed by atoms with Crippen LogP contribution < -0.4 is 9.64 Å². The Bertz CT molecular complexity index is 801. The van der Waals surface area contributed by atoms with E-state index >= 15 is 0 Å². The Morgan fingerprint density at radius 3 is 3.00 bits per heavy atom. The molecular weight excluding hydrogens is 330 g/mol. The van der Waals surface area contributed by atoms with E-state index in [1.807, 2.05) is 35.2 Å². The Kier molecular flexibility index (Phi) is 6.05. The van der Waals surface area contributed by atoms with Crippen molar-refractivity contribution in [2.45, 2.75) is 26.0 Å². The number of aliphatic hydroxyl groups is 1. The molecule has 1 aromatic heterocycles. The summed E-state index contributed by atoms with van der Waals surface area (Å²) in [5.41, 5.74) is 3.53. The molecule has 2 heterocycles. The highest BCUT2D eigenvalue weighted by atomic mass is 16.5. The Balaban J connectivity index is 1.98. The lowest BCUT2D eigenvalue weighted by Crippen LogP contribution is -2.28. The molecule has 6 nitrogen and oxygen atoms in total. The maximum atomic E-state index is 9.64. The first kappa shape index (κ1) is 18.2. The zero-order chi connectivity index (χ0) is 18.4. The first-order valence-corrected chi connectivity index (χ1v) is 8.75. The highest BCUT2D eigenvalue weighted by Crippen LogP contribution is 2.27. The minimum absolute atomic E-state index is 0.0817. The molecular formula is C20H23N3O3. The monoisotopic (exact) mass is 353 g/mol. The summed E-state index contributed by atoms with van der Waals surface area (Å²) in [4.78, 5) is 6.77. The summed E-state index contributed by atoms with van der Waals surface area (Å²) < 4.78 is 11.0. The second-order valence-electron chi connectivity index (χ2n) is 6.19. The zero-order valence-corrected chi connectivity index (χ0v) is 14.9. The van der Waals surface area contributed by atoms with Crippen LogP contribution in [0.25, 0.3) is 0 Å². The third-order valence-corrected chi connectivity index (χ3v) is 4.49. The number of pyridine rings is 1. The second kappa shape index (κ2) is 8.65. The first-order valence-electron chi connectivity index (χ1n) is 8.75. The molecule has 3 rings (SSSR count). The van der Waals surface area contributed by atoms with Crippen molar-refractivity contribution in [1.82, 2.24) is 4.98 Å². The Hall–Kier alpha value is -2.62. The average molecular weight is 353 g/mol. The number of anilines is 1. The van der Waals surface area contributed by atoms with Gasteiger partial charge in [-0.15, -0.1) is 0 Å². The number of hydrogen-bond acceptors (Lipinski definition) is 6. The topological polar surface area (TPSA) is 78.6 Å². The molecule has 0 radical (unpaired) electrons. The molecule has 2 aromatic rings.